The quantitative estimate of drug-likeness (QED) is 0.163. The van der Waals surface area contributed by atoms with Crippen LogP contribution in [0.15, 0.2) is 53.5 Å². The van der Waals surface area contributed by atoms with Gasteiger partial charge in [-0.3, -0.25) is 34.2 Å². The monoisotopic (exact) mass is 802 g/mol. The first-order valence-electron chi connectivity index (χ1n) is 18.9. The highest BCUT2D eigenvalue weighted by atomic mass is 35.5. The van der Waals surface area contributed by atoms with E-state index in [1.54, 1.807) is 31.4 Å². The predicted molar refractivity (Wildman–Crippen MR) is 213 cm³/mol. The zero-order valence-electron chi connectivity index (χ0n) is 31.6. The van der Waals surface area contributed by atoms with E-state index in [4.69, 9.17) is 21.3 Å². The number of hydrogen-bond acceptors (Lipinski definition) is 12. The molecule has 1 unspecified atom stereocenters. The molecular formula is C39H44ClFN10O6. The van der Waals surface area contributed by atoms with Crippen molar-refractivity contribution in [3.63, 3.8) is 0 Å². The summed E-state index contributed by atoms with van der Waals surface area (Å²) in [5.74, 6) is -1.14. The second-order valence-corrected chi connectivity index (χ2v) is 14.8. The van der Waals surface area contributed by atoms with E-state index in [9.17, 15) is 24.0 Å². The lowest BCUT2D eigenvalue weighted by Gasteiger charge is -2.39. The number of nitrogens with one attached hydrogen (secondary N) is 4. The number of anilines is 4. The number of piperidine rings is 2. The summed E-state index contributed by atoms with van der Waals surface area (Å²) >= 11 is 6.53. The average molecular weight is 803 g/mol. The fourth-order valence-corrected chi connectivity index (χ4v) is 7.58. The van der Waals surface area contributed by atoms with Crippen LogP contribution in [-0.2, 0) is 21.4 Å². The molecule has 4 aromatic rings. The minimum absolute atomic E-state index is 0.0625. The van der Waals surface area contributed by atoms with Crippen LogP contribution < -0.4 is 41.4 Å². The Balaban J connectivity index is 0.914. The van der Waals surface area contributed by atoms with Gasteiger partial charge in [-0.2, -0.15) is 4.98 Å². The second kappa shape index (κ2) is 17.1. The SMILES string of the molecule is CNC(=O)COc1cc2cc(Nc3nc(N4CCN(CC5CCN(c6cccc(C(=O)NC7CCC(=O)NC7=O)c6F)CC5)CC4)ncc3Cl)ccc2n(C)c1=O. The Morgan fingerprint density at radius 2 is 1.77 bits per heavy atom. The lowest BCUT2D eigenvalue weighted by Crippen LogP contribution is -2.52. The molecule has 3 fully saturated rings. The number of pyridine rings is 1. The highest BCUT2D eigenvalue weighted by Crippen LogP contribution is 2.30. The number of amides is 4. The highest BCUT2D eigenvalue weighted by Gasteiger charge is 2.31. The number of benzene rings is 2. The summed E-state index contributed by atoms with van der Waals surface area (Å²) < 4.78 is 22.6. The molecule has 0 aliphatic carbocycles. The van der Waals surface area contributed by atoms with E-state index in [2.05, 4.69) is 36.1 Å². The van der Waals surface area contributed by atoms with Crippen LogP contribution in [0.5, 0.6) is 5.75 Å². The molecule has 0 bridgehead atoms. The fraction of sp³-hybridized carbons (Fsp3) is 0.410. The van der Waals surface area contributed by atoms with Crippen molar-refractivity contribution >= 4 is 69.3 Å². The third kappa shape index (κ3) is 8.94. The molecule has 3 saturated heterocycles. The van der Waals surface area contributed by atoms with Crippen LogP contribution in [0, 0.1) is 11.7 Å². The molecule has 0 saturated carbocycles. The van der Waals surface area contributed by atoms with Gasteiger partial charge in [-0.05, 0) is 61.6 Å². The average Bonchev–Trinajstić information content (AvgIpc) is 3.21. The van der Waals surface area contributed by atoms with Gasteiger partial charge in [0.05, 0.1) is 23.0 Å². The molecule has 4 N–H and O–H groups in total. The van der Waals surface area contributed by atoms with Crippen LogP contribution in [0.1, 0.15) is 36.0 Å². The third-order valence-electron chi connectivity index (χ3n) is 10.7. The number of hydrogen-bond donors (Lipinski definition) is 4. The Kier molecular flexibility index (Phi) is 11.9. The molecule has 4 amide bonds. The van der Waals surface area contributed by atoms with Crippen molar-refractivity contribution in [3.05, 3.63) is 75.4 Å². The van der Waals surface area contributed by atoms with Gasteiger partial charge in [0.25, 0.3) is 17.4 Å². The first kappa shape index (κ1) is 39.4. The number of likely N-dealkylation sites (N-methyl/N-ethyl adjacent to an activating group) is 1. The lowest BCUT2D eigenvalue weighted by molar-refractivity contribution is -0.134. The molecule has 18 heteroatoms. The van der Waals surface area contributed by atoms with Crippen LogP contribution in [0.2, 0.25) is 5.02 Å². The summed E-state index contributed by atoms with van der Waals surface area (Å²) in [5, 5.41) is 11.6. The largest absolute Gasteiger partial charge is 0.478 e. The summed E-state index contributed by atoms with van der Waals surface area (Å²) in [5.41, 5.74) is 1.25. The zero-order valence-corrected chi connectivity index (χ0v) is 32.4. The number of piperazine rings is 1. The van der Waals surface area contributed by atoms with Crippen LogP contribution in [0.3, 0.4) is 0 Å². The van der Waals surface area contributed by atoms with Gasteiger partial charge in [0, 0.05) is 77.4 Å². The molecule has 57 heavy (non-hydrogen) atoms. The van der Waals surface area contributed by atoms with Gasteiger partial charge < -0.3 is 35.1 Å². The fourth-order valence-electron chi connectivity index (χ4n) is 7.44. The minimum atomic E-state index is -0.883. The number of imide groups is 1. The molecule has 0 spiro atoms. The third-order valence-corrected chi connectivity index (χ3v) is 11.0. The molecule has 3 aliphatic heterocycles. The number of carbonyl (C=O) groups excluding carboxylic acids is 4. The summed E-state index contributed by atoms with van der Waals surface area (Å²) in [7, 11) is 3.14. The van der Waals surface area contributed by atoms with E-state index in [-0.39, 0.29) is 48.1 Å². The first-order valence-corrected chi connectivity index (χ1v) is 19.3. The van der Waals surface area contributed by atoms with Gasteiger partial charge in [0.1, 0.15) is 11.1 Å². The summed E-state index contributed by atoms with van der Waals surface area (Å²) in [6, 6.07) is 10.9. The Labute approximate surface area is 332 Å². The molecule has 300 valence electrons. The van der Waals surface area contributed by atoms with Crippen LogP contribution >= 0.6 is 11.6 Å². The first-order chi connectivity index (χ1) is 27.5. The van der Waals surface area contributed by atoms with E-state index in [1.807, 2.05) is 23.1 Å². The van der Waals surface area contributed by atoms with E-state index < -0.39 is 23.7 Å². The van der Waals surface area contributed by atoms with Gasteiger partial charge in [-0.1, -0.05) is 17.7 Å². The molecule has 7 rings (SSSR count). The molecule has 2 aromatic carbocycles. The minimum Gasteiger partial charge on any atom is -0.478 e. The zero-order chi connectivity index (χ0) is 40.2. The van der Waals surface area contributed by atoms with E-state index in [0.29, 0.717) is 52.7 Å². The summed E-state index contributed by atoms with van der Waals surface area (Å²) in [6.45, 7) is 5.03. The maximum absolute atomic E-state index is 15.7. The van der Waals surface area contributed by atoms with Crippen molar-refractivity contribution < 1.29 is 28.3 Å². The van der Waals surface area contributed by atoms with E-state index >= 15 is 4.39 Å². The van der Waals surface area contributed by atoms with Crippen LogP contribution in [0.25, 0.3) is 10.9 Å². The molecule has 16 nitrogen and oxygen atoms in total. The van der Waals surface area contributed by atoms with Gasteiger partial charge in [-0.15, -0.1) is 0 Å². The Bertz CT molecular complexity index is 2260. The maximum atomic E-state index is 15.7. The molecule has 0 radical (unpaired) electrons. The van der Waals surface area contributed by atoms with Crippen molar-refractivity contribution in [2.75, 3.05) is 74.6 Å². The van der Waals surface area contributed by atoms with E-state index in [0.717, 1.165) is 51.0 Å². The van der Waals surface area contributed by atoms with Crippen molar-refractivity contribution in [3.8, 4) is 5.75 Å². The molecule has 2 aromatic heterocycles. The topological polar surface area (TPSA) is 183 Å². The molecular weight excluding hydrogens is 759 g/mol. The van der Waals surface area contributed by atoms with Crippen LogP contribution in [-0.4, -0.2) is 109 Å². The molecule has 3 aliphatic rings. The smallest absolute Gasteiger partial charge is 0.293 e. The van der Waals surface area contributed by atoms with Crippen molar-refractivity contribution in [2.45, 2.75) is 31.7 Å². The normalized spacial score (nSPS) is 18.0. The maximum Gasteiger partial charge on any atom is 0.293 e. The number of nitrogens with zero attached hydrogens (tertiary/aromatic N) is 6. The van der Waals surface area contributed by atoms with Crippen molar-refractivity contribution in [2.24, 2.45) is 13.0 Å². The molecule has 1 atom stereocenters. The summed E-state index contributed by atoms with van der Waals surface area (Å²) in [6.07, 6.45) is 3.61. The predicted octanol–water partition coefficient (Wildman–Crippen LogP) is 2.56. The number of halogens is 2. The Morgan fingerprint density at radius 1 is 1.00 bits per heavy atom. The van der Waals surface area contributed by atoms with Crippen molar-refractivity contribution in [1.82, 2.24) is 35.4 Å². The number of aromatic nitrogens is 3. The number of carbonyl (C=O) groups is 4. The standard InChI is InChI=1S/C39H44ClFN10O6/c1-42-33(53)22-57-31-19-24-18-25(6-8-29(24)48(2)38(31)56)44-35-27(40)20-43-39(47-35)51-16-14-49(15-17-51)21-23-10-12-50(13-11-23)30-5-3-4-26(34(30)41)36(54)45-28-7-9-32(52)46-37(28)55/h3-6,8,18-20,23,28H,7,9-17,21-22H2,1-2H3,(H,42,53)(H,45,54)(H,43,44,47)(H,46,52,55). The number of aryl methyl sites for hydroxylation is 1. The van der Waals surface area contributed by atoms with Crippen molar-refractivity contribution in [1.29, 1.82) is 0 Å². The van der Waals surface area contributed by atoms with E-state index in [1.165, 1.54) is 17.7 Å². The second-order valence-electron chi connectivity index (χ2n) is 14.4. The number of ether oxygens (including phenoxy) is 1. The lowest BCUT2D eigenvalue weighted by atomic mass is 9.95. The number of fused-ring (bicyclic) bond motifs is 1. The van der Waals surface area contributed by atoms with Crippen LogP contribution in [0.4, 0.5) is 27.5 Å². The highest BCUT2D eigenvalue weighted by molar-refractivity contribution is 6.33. The van der Waals surface area contributed by atoms with Gasteiger partial charge >= 0.3 is 0 Å². The molecule has 5 heterocycles. The Morgan fingerprint density at radius 3 is 2.51 bits per heavy atom. The van der Waals surface area contributed by atoms with Gasteiger partial charge in [-0.25, -0.2) is 9.37 Å². The summed E-state index contributed by atoms with van der Waals surface area (Å²) in [4.78, 5) is 76.7. The Hall–Kier alpha value is -5.81. The number of rotatable bonds is 11. The van der Waals surface area contributed by atoms with Gasteiger partial charge in [0.15, 0.2) is 24.0 Å². The van der Waals surface area contributed by atoms with Gasteiger partial charge in [0.2, 0.25) is 17.8 Å².